The van der Waals surface area contributed by atoms with Crippen molar-refractivity contribution in [1.29, 1.82) is 0 Å². The van der Waals surface area contributed by atoms with Crippen LogP contribution in [0.25, 0.3) is 10.9 Å². The molecule has 0 aliphatic rings. The molecule has 4 aromatic rings. The lowest BCUT2D eigenvalue weighted by Gasteiger charge is -2.23. The predicted molar refractivity (Wildman–Crippen MR) is 134 cm³/mol. The fraction of sp³-hybridized carbons (Fsp3) is 0.120. The van der Waals surface area contributed by atoms with Gasteiger partial charge in [-0.25, -0.2) is 8.42 Å². The van der Waals surface area contributed by atoms with E-state index in [1.807, 2.05) is 0 Å². The highest BCUT2D eigenvalue weighted by molar-refractivity contribution is 7.92. The number of fused-ring (bicyclic) bond motifs is 1. The van der Waals surface area contributed by atoms with Crippen molar-refractivity contribution in [3.05, 3.63) is 105 Å². The van der Waals surface area contributed by atoms with E-state index in [0.717, 1.165) is 0 Å². The SMILES string of the molecule is CCN(c1ccccc1)S(=O)(=O)c1ccc2[nH]cc(C(=O)NCc3ccccc3Cl)c(=O)c2c1. The van der Waals surface area contributed by atoms with E-state index in [1.54, 1.807) is 61.5 Å². The van der Waals surface area contributed by atoms with Crippen molar-refractivity contribution in [2.45, 2.75) is 18.4 Å². The quantitative estimate of drug-likeness (QED) is 0.398. The van der Waals surface area contributed by atoms with Crippen molar-refractivity contribution < 1.29 is 13.2 Å². The van der Waals surface area contributed by atoms with Crippen molar-refractivity contribution in [3.8, 4) is 0 Å². The predicted octanol–water partition coefficient (Wildman–Crippen LogP) is 4.33. The van der Waals surface area contributed by atoms with Crippen molar-refractivity contribution in [2.75, 3.05) is 10.8 Å². The molecule has 0 atom stereocenters. The summed E-state index contributed by atoms with van der Waals surface area (Å²) in [4.78, 5) is 28.7. The van der Waals surface area contributed by atoms with Crippen LogP contribution in [-0.4, -0.2) is 25.9 Å². The lowest BCUT2D eigenvalue weighted by molar-refractivity contribution is 0.0949. The van der Waals surface area contributed by atoms with Gasteiger partial charge in [-0.15, -0.1) is 0 Å². The zero-order valence-corrected chi connectivity index (χ0v) is 19.9. The summed E-state index contributed by atoms with van der Waals surface area (Å²) in [6.45, 7) is 2.10. The van der Waals surface area contributed by atoms with Crippen molar-refractivity contribution >= 4 is 44.1 Å². The minimum atomic E-state index is -3.93. The Morgan fingerprint density at radius 3 is 2.44 bits per heavy atom. The molecule has 174 valence electrons. The van der Waals surface area contributed by atoms with Gasteiger partial charge in [-0.05, 0) is 48.9 Å². The molecule has 34 heavy (non-hydrogen) atoms. The molecule has 0 saturated heterocycles. The Bertz CT molecular complexity index is 1520. The van der Waals surface area contributed by atoms with E-state index in [1.165, 1.54) is 28.7 Å². The Morgan fingerprint density at radius 2 is 1.74 bits per heavy atom. The van der Waals surface area contributed by atoms with Crippen LogP contribution in [0, 0.1) is 0 Å². The highest BCUT2D eigenvalue weighted by Gasteiger charge is 2.24. The molecule has 0 aliphatic carbocycles. The lowest BCUT2D eigenvalue weighted by atomic mass is 10.1. The molecule has 0 unspecified atom stereocenters. The number of hydrogen-bond donors (Lipinski definition) is 2. The highest BCUT2D eigenvalue weighted by Crippen LogP contribution is 2.25. The fourth-order valence-electron chi connectivity index (χ4n) is 3.65. The summed E-state index contributed by atoms with van der Waals surface area (Å²) in [6.07, 6.45) is 1.32. The number of nitrogens with zero attached hydrogens (tertiary/aromatic N) is 1. The second kappa shape index (κ2) is 9.70. The van der Waals surface area contributed by atoms with E-state index < -0.39 is 21.4 Å². The van der Waals surface area contributed by atoms with E-state index in [2.05, 4.69) is 10.3 Å². The Morgan fingerprint density at radius 1 is 1.03 bits per heavy atom. The average molecular weight is 496 g/mol. The van der Waals surface area contributed by atoms with Crippen LogP contribution in [0.15, 0.2) is 88.7 Å². The third-order valence-electron chi connectivity index (χ3n) is 5.41. The maximum atomic E-state index is 13.4. The van der Waals surface area contributed by atoms with E-state index in [9.17, 15) is 18.0 Å². The topological polar surface area (TPSA) is 99.3 Å². The largest absolute Gasteiger partial charge is 0.360 e. The number of nitrogens with one attached hydrogen (secondary N) is 2. The minimum absolute atomic E-state index is 0.0372. The monoisotopic (exact) mass is 495 g/mol. The Hall–Kier alpha value is -3.62. The van der Waals surface area contributed by atoms with E-state index >= 15 is 0 Å². The van der Waals surface area contributed by atoms with Crippen molar-refractivity contribution in [1.82, 2.24) is 10.3 Å². The number of carbonyl (C=O) groups is 1. The Balaban J connectivity index is 1.68. The van der Waals surface area contributed by atoms with Crippen LogP contribution in [0.3, 0.4) is 0 Å². The molecule has 2 N–H and O–H groups in total. The summed E-state index contributed by atoms with van der Waals surface area (Å²) >= 11 is 6.12. The van der Waals surface area contributed by atoms with Gasteiger partial charge < -0.3 is 10.3 Å². The fourth-order valence-corrected chi connectivity index (χ4v) is 5.36. The lowest BCUT2D eigenvalue weighted by Crippen LogP contribution is -2.31. The van der Waals surface area contributed by atoms with Gasteiger partial charge in [-0.1, -0.05) is 48.0 Å². The maximum absolute atomic E-state index is 13.4. The first-order valence-corrected chi connectivity index (χ1v) is 12.4. The first kappa shape index (κ1) is 23.5. The number of anilines is 1. The maximum Gasteiger partial charge on any atom is 0.264 e. The molecule has 1 amide bonds. The van der Waals surface area contributed by atoms with Crippen molar-refractivity contribution in [2.24, 2.45) is 0 Å². The molecule has 9 heteroatoms. The molecule has 7 nitrogen and oxygen atoms in total. The summed E-state index contributed by atoms with van der Waals surface area (Å²) in [7, 11) is -3.93. The number of aromatic amines is 1. The number of hydrogen-bond acceptors (Lipinski definition) is 4. The summed E-state index contributed by atoms with van der Waals surface area (Å²) in [5.74, 6) is -0.587. The molecular formula is C25H22ClN3O4S. The van der Waals surface area contributed by atoms with E-state index in [0.29, 0.717) is 21.8 Å². The average Bonchev–Trinajstić information content (AvgIpc) is 2.84. The smallest absolute Gasteiger partial charge is 0.264 e. The van der Waals surface area contributed by atoms with Crippen LogP contribution in [0.5, 0.6) is 0 Å². The van der Waals surface area contributed by atoms with Gasteiger partial charge in [0.25, 0.3) is 15.9 Å². The Labute approximate surface area is 202 Å². The second-order valence-electron chi connectivity index (χ2n) is 7.52. The van der Waals surface area contributed by atoms with Crippen LogP contribution in [0.1, 0.15) is 22.8 Å². The van der Waals surface area contributed by atoms with Gasteiger partial charge in [0.05, 0.1) is 10.6 Å². The number of H-pyrrole nitrogens is 1. The molecule has 1 heterocycles. The van der Waals surface area contributed by atoms with Crippen LogP contribution < -0.4 is 15.1 Å². The summed E-state index contributed by atoms with van der Waals surface area (Å²) in [5.41, 5.74) is 0.972. The molecule has 1 aromatic heterocycles. The van der Waals surface area contributed by atoms with Gasteiger partial charge in [0.1, 0.15) is 5.56 Å². The van der Waals surface area contributed by atoms with Crippen LogP contribution >= 0.6 is 11.6 Å². The third-order valence-corrected chi connectivity index (χ3v) is 7.68. The van der Waals surface area contributed by atoms with Gasteiger partial charge in [0.15, 0.2) is 0 Å². The molecule has 4 rings (SSSR count). The first-order chi connectivity index (χ1) is 16.3. The number of para-hydroxylation sites is 1. The summed E-state index contributed by atoms with van der Waals surface area (Å²) in [5, 5.41) is 3.30. The normalized spacial score (nSPS) is 11.4. The molecule has 0 fully saturated rings. The molecule has 3 aromatic carbocycles. The zero-order valence-electron chi connectivity index (χ0n) is 18.3. The summed E-state index contributed by atoms with van der Waals surface area (Å²) < 4.78 is 28.0. The van der Waals surface area contributed by atoms with Crippen molar-refractivity contribution in [3.63, 3.8) is 0 Å². The molecular weight excluding hydrogens is 474 g/mol. The molecule has 0 spiro atoms. The molecule has 0 radical (unpaired) electrons. The minimum Gasteiger partial charge on any atom is -0.360 e. The third kappa shape index (κ3) is 4.55. The van der Waals surface area contributed by atoms with Crippen LogP contribution in [-0.2, 0) is 16.6 Å². The number of sulfonamides is 1. The summed E-state index contributed by atoms with van der Waals surface area (Å²) in [6, 6.07) is 20.1. The number of benzene rings is 3. The molecule has 0 saturated carbocycles. The standard InChI is InChI=1S/C25H22ClN3O4S/c1-2-29(18-9-4-3-5-10-18)34(32,33)19-12-13-23-20(14-19)24(30)21(16-27-23)25(31)28-15-17-8-6-7-11-22(17)26/h3-14,16H,2,15H2,1H3,(H,27,30)(H,28,31). The van der Waals surface area contributed by atoms with Crippen LogP contribution in [0.4, 0.5) is 5.69 Å². The van der Waals surface area contributed by atoms with E-state index in [4.69, 9.17) is 11.6 Å². The van der Waals surface area contributed by atoms with Gasteiger partial charge in [0, 0.05) is 35.2 Å². The van der Waals surface area contributed by atoms with Crippen LogP contribution in [0.2, 0.25) is 5.02 Å². The van der Waals surface area contributed by atoms with Gasteiger partial charge >= 0.3 is 0 Å². The van der Waals surface area contributed by atoms with E-state index in [-0.39, 0.29) is 28.9 Å². The Kier molecular flexibility index (Phi) is 6.72. The highest BCUT2D eigenvalue weighted by atomic mass is 35.5. The molecule has 0 aliphatic heterocycles. The number of rotatable bonds is 7. The number of halogens is 1. The van der Waals surface area contributed by atoms with Gasteiger partial charge in [-0.2, -0.15) is 0 Å². The van der Waals surface area contributed by atoms with Gasteiger partial charge in [0.2, 0.25) is 5.43 Å². The first-order valence-electron chi connectivity index (χ1n) is 10.6. The second-order valence-corrected chi connectivity index (χ2v) is 9.79. The number of amides is 1. The molecule has 0 bridgehead atoms. The zero-order chi connectivity index (χ0) is 24.3. The number of aromatic nitrogens is 1. The number of pyridine rings is 1. The number of carbonyl (C=O) groups excluding carboxylic acids is 1. The van der Waals surface area contributed by atoms with Gasteiger partial charge in [-0.3, -0.25) is 13.9 Å².